The number of benzene rings is 2. The molecule has 30 heavy (non-hydrogen) atoms. The fourth-order valence-corrected chi connectivity index (χ4v) is 3.80. The normalized spacial score (nSPS) is 17.5. The van der Waals surface area contributed by atoms with E-state index in [2.05, 4.69) is 20.4 Å². The number of ether oxygens (including phenoxy) is 1. The molecule has 0 spiro atoms. The molecule has 1 aliphatic heterocycles. The van der Waals surface area contributed by atoms with Crippen LogP contribution in [-0.4, -0.2) is 36.5 Å². The van der Waals surface area contributed by atoms with Crippen LogP contribution in [0, 0.1) is 5.82 Å². The van der Waals surface area contributed by atoms with Crippen LogP contribution in [0.1, 0.15) is 36.9 Å². The Morgan fingerprint density at radius 3 is 2.73 bits per heavy atom. The van der Waals surface area contributed by atoms with Crippen molar-refractivity contribution in [3.63, 3.8) is 0 Å². The highest BCUT2D eigenvalue weighted by Crippen LogP contribution is 2.32. The molecule has 0 aliphatic carbocycles. The molecule has 2 atom stereocenters. The monoisotopic (exact) mass is 416 g/mol. The summed E-state index contributed by atoms with van der Waals surface area (Å²) in [6.45, 7) is 3.17. The van der Waals surface area contributed by atoms with Gasteiger partial charge in [0.25, 0.3) is 6.43 Å². The number of alkyl halides is 2. The summed E-state index contributed by atoms with van der Waals surface area (Å²) in [4.78, 5) is 2.17. The van der Waals surface area contributed by atoms with Crippen molar-refractivity contribution in [2.45, 2.75) is 31.9 Å². The standard InChI is InChI=1S/C22H23F3N4O/c1-13(16-4-3-5-17(21(16)23)22(24)25)27-20-11-26-28-19-7-6-14(10-18(19)20)29(2)15-8-9-30-12-15/h3-7,10-11,13,15,22H,8-9,12H2,1-2H3,(H,27,28)/t13-,15?/m1/s1. The van der Waals surface area contributed by atoms with Crippen LogP contribution in [0.2, 0.25) is 0 Å². The summed E-state index contributed by atoms with van der Waals surface area (Å²) in [5.41, 5.74) is 1.93. The summed E-state index contributed by atoms with van der Waals surface area (Å²) in [7, 11) is 2.02. The average Bonchev–Trinajstić information content (AvgIpc) is 3.28. The maximum absolute atomic E-state index is 14.6. The molecular formula is C22H23F3N4O. The molecule has 4 rings (SSSR count). The van der Waals surface area contributed by atoms with Crippen LogP contribution >= 0.6 is 0 Å². The van der Waals surface area contributed by atoms with Crippen LogP contribution in [0.5, 0.6) is 0 Å². The quantitative estimate of drug-likeness (QED) is 0.606. The third-order valence-corrected chi connectivity index (χ3v) is 5.62. The van der Waals surface area contributed by atoms with Crippen LogP contribution in [0.3, 0.4) is 0 Å². The second-order valence-corrected chi connectivity index (χ2v) is 7.51. The Kier molecular flexibility index (Phi) is 5.76. The van der Waals surface area contributed by atoms with Crippen molar-refractivity contribution in [2.24, 2.45) is 0 Å². The number of nitrogens with one attached hydrogen (secondary N) is 1. The number of hydrogen-bond donors (Lipinski definition) is 1. The van der Waals surface area contributed by atoms with Gasteiger partial charge in [0.1, 0.15) is 5.82 Å². The lowest BCUT2D eigenvalue weighted by Crippen LogP contribution is -2.31. The Bertz CT molecular complexity index is 1040. The maximum Gasteiger partial charge on any atom is 0.266 e. The average molecular weight is 416 g/mol. The zero-order valence-electron chi connectivity index (χ0n) is 16.8. The third kappa shape index (κ3) is 3.92. The molecule has 0 radical (unpaired) electrons. The molecule has 2 aromatic carbocycles. The van der Waals surface area contributed by atoms with Gasteiger partial charge >= 0.3 is 0 Å². The van der Waals surface area contributed by atoms with E-state index in [4.69, 9.17) is 4.74 Å². The number of likely N-dealkylation sites (N-methyl/N-ethyl adjacent to an activating group) is 1. The summed E-state index contributed by atoms with van der Waals surface area (Å²) >= 11 is 0. The van der Waals surface area contributed by atoms with E-state index in [0.29, 0.717) is 23.9 Å². The van der Waals surface area contributed by atoms with Gasteiger partial charge in [0.05, 0.1) is 41.7 Å². The summed E-state index contributed by atoms with van der Waals surface area (Å²) in [5, 5.41) is 12.2. The topological polar surface area (TPSA) is 50.3 Å². The number of halogens is 3. The number of fused-ring (bicyclic) bond motifs is 1. The first kappa shape index (κ1) is 20.4. The zero-order valence-corrected chi connectivity index (χ0v) is 16.8. The Morgan fingerprint density at radius 2 is 2.00 bits per heavy atom. The van der Waals surface area contributed by atoms with E-state index in [1.165, 1.54) is 12.1 Å². The highest BCUT2D eigenvalue weighted by atomic mass is 19.3. The SMILES string of the molecule is C[C@@H](Nc1cnnc2ccc(N(C)C3CCOC3)cc12)c1cccc(C(F)F)c1F. The number of rotatable bonds is 6. The molecular weight excluding hydrogens is 393 g/mol. The van der Waals surface area contributed by atoms with Gasteiger partial charge in [-0.2, -0.15) is 10.2 Å². The summed E-state index contributed by atoms with van der Waals surface area (Å²) < 4.78 is 46.2. The smallest absolute Gasteiger partial charge is 0.266 e. The number of hydrogen-bond acceptors (Lipinski definition) is 5. The molecule has 8 heteroatoms. The van der Waals surface area contributed by atoms with Gasteiger partial charge in [-0.1, -0.05) is 18.2 Å². The lowest BCUT2D eigenvalue weighted by atomic mass is 10.0. The Labute approximate surface area is 172 Å². The van der Waals surface area contributed by atoms with Crippen molar-refractivity contribution >= 4 is 22.3 Å². The summed E-state index contributed by atoms with van der Waals surface area (Å²) in [5.74, 6) is -0.888. The van der Waals surface area contributed by atoms with Crippen molar-refractivity contribution in [2.75, 3.05) is 30.5 Å². The molecule has 2 heterocycles. The Balaban J connectivity index is 1.65. The van der Waals surface area contributed by atoms with Gasteiger partial charge in [0.2, 0.25) is 0 Å². The molecule has 0 bridgehead atoms. The van der Waals surface area contributed by atoms with E-state index < -0.39 is 23.8 Å². The minimum atomic E-state index is -2.86. The minimum Gasteiger partial charge on any atom is -0.379 e. The van der Waals surface area contributed by atoms with Gasteiger partial charge < -0.3 is 15.0 Å². The van der Waals surface area contributed by atoms with Crippen molar-refractivity contribution in [1.82, 2.24) is 10.2 Å². The van der Waals surface area contributed by atoms with E-state index in [1.807, 2.05) is 25.2 Å². The highest BCUT2D eigenvalue weighted by Gasteiger charge is 2.22. The molecule has 0 amide bonds. The van der Waals surface area contributed by atoms with Gasteiger partial charge in [-0.15, -0.1) is 0 Å². The number of nitrogens with zero attached hydrogens (tertiary/aromatic N) is 3. The van der Waals surface area contributed by atoms with E-state index >= 15 is 0 Å². The van der Waals surface area contributed by atoms with Gasteiger partial charge in [0.15, 0.2) is 0 Å². The second-order valence-electron chi connectivity index (χ2n) is 7.51. The molecule has 3 aromatic rings. The minimum absolute atomic E-state index is 0.175. The first-order valence-electron chi connectivity index (χ1n) is 9.84. The van der Waals surface area contributed by atoms with Crippen LogP contribution < -0.4 is 10.2 Å². The van der Waals surface area contributed by atoms with Crippen LogP contribution in [0.4, 0.5) is 24.5 Å². The largest absolute Gasteiger partial charge is 0.379 e. The predicted molar refractivity (Wildman–Crippen MR) is 111 cm³/mol. The molecule has 5 nitrogen and oxygen atoms in total. The molecule has 0 saturated carbocycles. The zero-order chi connectivity index (χ0) is 21.3. The lowest BCUT2D eigenvalue weighted by molar-refractivity contribution is 0.146. The van der Waals surface area contributed by atoms with Gasteiger partial charge in [-0.25, -0.2) is 13.2 Å². The van der Waals surface area contributed by atoms with E-state index in [0.717, 1.165) is 30.2 Å². The fourth-order valence-electron chi connectivity index (χ4n) is 3.80. The van der Waals surface area contributed by atoms with Gasteiger partial charge in [-0.05, 0) is 31.5 Å². The Morgan fingerprint density at radius 1 is 1.20 bits per heavy atom. The van der Waals surface area contributed by atoms with Gasteiger partial charge in [0, 0.05) is 30.3 Å². The maximum atomic E-state index is 14.6. The first-order chi connectivity index (χ1) is 14.5. The lowest BCUT2D eigenvalue weighted by Gasteiger charge is -2.26. The first-order valence-corrected chi connectivity index (χ1v) is 9.84. The number of anilines is 2. The molecule has 1 aliphatic rings. The van der Waals surface area contributed by atoms with Crippen molar-refractivity contribution in [1.29, 1.82) is 0 Å². The molecule has 1 fully saturated rings. The van der Waals surface area contributed by atoms with E-state index in [9.17, 15) is 13.2 Å². The number of aromatic nitrogens is 2. The van der Waals surface area contributed by atoms with E-state index in [-0.39, 0.29) is 5.56 Å². The second kappa shape index (κ2) is 8.47. The molecule has 1 unspecified atom stereocenters. The van der Waals surface area contributed by atoms with Gasteiger partial charge in [-0.3, -0.25) is 0 Å². The fraction of sp³-hybridized carbons (Fsp3) is 0.364. The molecule has 1 N–H and O–H groups in total. The van der Waals surface area contributed by atoms with Crippen LogP contribution in [-0.2, 0) is 4.74 Å². The van der Waals surface area contributed by atoms with Crippen LogP contribution in [0.15, 0.2) is 42.6 Å². The van der Waals surface area contributed by atoms with Crippen molar-refractivity contribution < 1.29 is 17.9 Å². The van der Waals surface area contributed by atoms with Crippen LogP contribution in [0.25, 0.3) is 10.9 Å². The van der Waals surface area contributed by atoms with E-state index in [1.54, 1.807) is 13.1 Å². The molecule has 158 valence electrons. The molecule has 1 aromatic heterocycles. The Hall–Kier alpha value is -2.87. The third-order valence-electron chi connectivity index (χ3n) is 5.62. The highest BCUT2D eigenvalue weighted by molar-refractivity contribution is 5.93. The van der Waals surface area contributed by atoms with Crippen molar-refractivity contribution in [3.05, 3.63) is 59.5 Å². The summed E-state index contributed by atoms with van der Waals surface area (Å²) in [6.07, 6.45) is -0.334. The van der Waals surface area contributed by atoms with Crippen molar-refractivity contribution in [3.8, 4) is 0 Å². The summed E-state index contributed by atoms with van der Waals surface area (Å²) in [6, 6.07) is 9.69. The predicted octanol–water partition coefficient (Wildman–Crippen LogP) is 5.10. The molecule has 1 saturated heterocycles.